The summed E-state index contributed by atoms with van der Waals surface area (Å²) in [4.78, 5) is 4.79. The smallest absolute Gasteiger partial charge is 0.0628 e. The van der Waals surface area contributed by atoms with Gasteiger partial charge in [0.1, 0.15) is 0 Å². The van der Waals surface area contributed by atoms with Gasteiger partial charge in [-0.25, -0.2) is 0 Å². The molecule has 1 saturated heterocycles. The lowest BCUT2D eigenvalue weighted by atomic mass is 10.0. The fourth-order valence-corrected chi connectivity index (χ4v) is 2.52. The summed E-state index contributed by atoms with van der Waals surface area (Å²) in [6.45, 7) is 6.47. The van der Waals surface area contributed by atoms with Gasteiger partial charge >= 0.3 is 0 Å². The second-order valence-corrected chi connectivity index (χ2v) is 5.18. The van der Waals surface area contributed by atoms with E-state index in [2.05, 4.69) is 15.9 Å². The normalized spacial score (nSPS) is 25.2. The van der Waals surface area contributed by atoms with Gasteiger partial charge in [0.15, 0.2) is 0 Å². The highest BCUT2D eigenvalue weighted by atomic mass is 16.3. The van der Waals surface area contributed by atoms with E-state index in [9.17, 15) is 0 Å². The standard InChI is InChI=1S/C12H21N3O/c13-4-3-12(1-2-12)11-15-7-5-14(6-8-15)9-10-16/h16H,1-3,5-11H2. The first-order chi connectivity index (χ1) is 7.78. The average molecular weight is 223 g/mol. The summed E-state index contributed by atoms with van der Waals surface area (Å²) >= 11 is 0. The van der Waals surface area contributed by atoms with Crippen LogP contribution in [0, 0.1) is 16.7 Å². The van der Waals surface area contributed by atoms with Crippen molar-refractivity contribution in [1.29, 1.82) is 5.26 Å². The molecule has 2 fully saturated rings. The van der Waals surface area contributed by atoms with Crippen LogP contribution in [-0.4, -0.2) is 60.8 Å². The number of rotatable bonds is 5. The van der Waals surface area contributed by atoms with Crippen molar-refractivity contribution in [2.75, 3.05) is 45.9 Å². The quantitative estimate of drug-likeness (QED) is 0.728. The summed E-state index contributed by atoms with van der Waals surface area (Å²) in [5, 5.41) is 17.6. The van der Waals surface area contributed by atoms with Crippen LogP contribution < -0.4 is 0 Å². The third-order valence-corrected chi connectivity index (χ3v) is 3.85. The summed E-state index contributed by atoms with van der Waals surface area (Å²) in [7, 11) is 0. The van der Waals surface area contributed by atoms with Crippen LogP contribution in [0.3, 0.4) is 0 Å². The van der Waals surface area contributed by atoms with Crippen molar-refractivity contribution in [2.45, 2.75) is 19.3 Å². The minimum absolute atomic E-state index is 0.262. The molecule has 1 aliphatic carbocycles. The van der Waals surface area contributed by atoms with E-state index < -0.39 is 0 Å². The first kappa shape index (κ1) is 11.8. The second-order valence-electron chi connectivity index (χ2n) is 5.18. The number of hydrogen-bond donors (Lipinski definition) is 1. The Morgan fingerprint density at radius 3 is 2.25 bits per heavy atom. The number of nitriles is 1. The molecule has 0 atom stereocenters. The Morgan fingerprint density at radius 1 is 1.12 bits per heavy atom. The van der Waals surface area contributed by atoms with Crippen LogP contribution in [0.25, 0.3) is 0 Å². The number of aliphatic hydroxyl groups is 1. The molecule has 1 saturated carbocycles. The third kappa shape index (κ3) is 2.94. The monoisotopic (exact) mass is 223 g/mol. The molecular formula is C12H21N3O. The summed E-state index contributed by atoms with van der Waals surface area (Å²) in [6.07, 6.45) is 3.19. The molecule has 0 bridgehead atoms. The van der Waals surface area contributed by atoms with Crippen molar-refractivity contribution in [2.24, 2.45) is 5.41 Å². The maximum atomic E-state index is 8.86. The number of hydrogen-bond acceptors (Lipinski definition) is 4. The fraction of sp³-hybridized carbons (Fsp3) is 0.917. The van der Waals surface area contributed by atoms with E-state index in [0.29, 0.717) is 5.41 Å². The van der Waals surface area contributed by atoms with Gasteiger partial charge in [0.25, 0.3) is 0 Å². The predicted octanol–water partition coefficient (Wildman–Crippen LogP) is 0.290. The van der Waals surface area contributed by atoms with E-state index in [1.165, 1.54) is 12.8 Å². The van der Waals surface area contributed by atoms with Crippen molar-refractivity contribution < 1.29 is 5.11 Å². The van der Waals surface area contributed by atoms with Crippen molar-refractivity contribution >= 4 is 0 Å². The van der Waals surface area contributed by atoms with E-state index in [1.54, 1.807) is 0 Å². The lowest BCUT2D eigenvalue weighted by molar-refractivity contribution is 0.0984. The van der Waals surface area contributed by atoms with E-state index in [4.69, 9.17) is 10.4 Å². The van der Waals surface area contributed by atoms with Gasteiger partial charge in [0.05, 0.1) is 12.7 Å². The number of aliphatic hydroxyl groups excluding tert-OH is 1. The first-order valence-corrected chi connectivity index (χ1v) is 6.20. The highest BCUT2D eigenvalue weighted by Crippen LogP contribution is 2.49. The Morgan fingerprint density at radius 2 is 1.75 bits per heavy atom. The van der Waals surface area contributed by atoms with E-state index in [1.807, 2.05) is 0 Å². The lowest BCUT2D eigenvalue weighted by Gasteiger charge is -2.36. The van der Waals surface area contributed by atoms with Gasteiger partial charge in [0.2, 0.25) is 0 Å². The van der Waals surface area contributed by atoms with Crippen molar-refractivity contribution in [3.8, 4) is 6.07 Å². The Bertz CT molecular complexity index is 262. The Balaban J connectivity index is 1.71. The maximum Gasteiger partial charge on any atom is 0.0628 e. The van der Waals surface area contributed by atoms with Gasteiger partial charge in [-0.2, -0.15) is 5.26 Å². The van der Waals surface area contributed by atoms with Crippen LogP contribution in [-0.2, 0) is 0 Å². The third-order valence-electron chi connectivity index (χ3n) is 3.85. The number of β-amino-alcohol motifs (C(OH)–C–C–N with tert-alkyl or cyclic N) is 1. The predicted molar refractivity (Wildman–Crippen MR) is 61.9 cm³/mol. The van der Waals surface area contributed by atoms with Gasteiger partial charge in [0, 0.05) is 45.7 Å². The van der Waals surface area contributed by atoms with Gasteiger partial charge in [-0.15, -0.1) is 0 Å². The summed E-state index contributed by atoms with van der Waals surface area (Å²) in [5.41, 5.74) is 0.341. The van der Waals surface area contributed by atoms with Crippen LogP contribution in [0.1, 0.15) is 19.3 Å². The molecule has 1 heterocycles. The second kappa shape index (κ2) is 5.13. The summed E-state index contributed by atoms with van der Waals surface area (Å²) in [6, 6.07) is 2.32. The maximum absolute atomic E-state index is 8.86. The molecule has 0 radical (unpaired) electrons. The average Bonchev–Trinajstić information content (AvgIpc) is 3.02. The van der Waals surface area contributed by atoms with Gasteiger partial charge in [-0.05, 0) is 18.3 Å². The molecule has 0 amide bonds. The van der Waals surface area contributed by atoms with E-state index in [-0.39, 0.29) is 6.61 Å². The highest BCUT2D eigenvalue weighted by molar-refractivity contribution is 5.01. The van der Waals surface area contributed by atoms with Crippen LogP contribution >= 0.6 is 0 Å². The zero-order valence-corrected chi connectivity index (χ0v) is 9.86. The zero-order valence-electron chi connectivity index (χ0n) is 9.86. The topological polar surface area (TPSA) is 50.5 Å². The molecule has 0 spiro atoms. The number of piperazine rings is 1. The molecule has 0 aromatic carbocycles. The lowest BCUT2D eigenvalue weighted by Crippen LogP contribution is -2.48. The van der Waals surface area contributed by atoms with Crippen LogP contribution in [0.5, 0.6) is 0 Å². The Labute approximate surface area is 97.4 Å². The minimum Gasteiger partial charge on any atom is -0.395 e. The van der Waals surface area contributed by atoms with Crippen LogP contribution in [0.15, 0.2) is 0 Å². The van der Waals surface area contributed by atoms with E-state index >= 15 is 0 Å². The molecule has 1 aliphatic heterocycles. The molecule has 4 nitrogen and oxygen atoms in total. The first-order valence-electron chi connectivity index (χ1n) is 6.20. The largest absolute Gasteiger partial charge is 0.395 e. The number of nitrogens with zero attached hydrogens (tertiary/aromatic N) is 3. The molecular weight excluding hydrogens is 202 g/mol. The molecule has 16 heavy (non-hydrogen) atoms. The molecule has 4 heteroatoms. The molecule has 0 aromatic heterocycles. The molecule has 1 N–H and O–H groups in total. The molecule has 2 aliphatic rings. The Kier molecular flexibility index (Phi) is 3.80. The van der Waals surface area contributed by atoms with Gasteiger partial charge in [-0.1, -0.05) is 0 Å². The highest BCUT2D eigenvalue weighted by Gasteiger charge is 2.43. The van der Waals surface area contributed by atoms with Crippen LogP contribution in [0.4, 0.5) is 0 Å². The van der Waals surface area contributed by atoms with Gasteiger partial charge < -0.3 is 10.0 Å². The summed E-state index contributed by atoms with van der Waals surface area (Å²) in [5.74, 6) is 0. The summed E-state index contributed by atoms with van der Waals surface area (Å²) < 4.78 is 0. The van der Waals surface area contributed by atoms with Crippen LogP contribution in [0.2, 0.25) is 0 Å². The molecule has 90 valence electrons. The minimum atomic E-state index is 0.262. The molecule has 0 aromatic rings. The molecule has 0 unspecified atom stereocenters. The SMILES string of the molecule is N#CCC1(CN2CCN(CCO)CC2)CC1. The van der Waals surface area contributed by atoms with Crippen molar-refractivity contribution in [3.63, 3.8) is 0 Å². The fourth-order valence-electron chi connectivity index (χ4n) is 2.52. The van der Waals surface area contributed by atoms with E-state index in [0.717, 1.165) is 45.7 Å². The molecule has 2 rings (SSSR count). The Hall–Kier alpha value is -0.630. The van der Waals surface area contributed by atoms with Crippen molar-refractivity contribution in [3.05, 3.63) is 0 Å². The van der Waals surface area contributed by atoms with Crippen molar-refractivity contribution in [1.82, 2.24) is 9.80 Å². The zero-order chi connectivity index (χ0) is 11.4. The van der Waals surface area contributed by atoms with Gasteiger partial charge in [-0.3, -0.25) is 4.90 Å².